The number of halogens is 1. The molecule has 0 saturated carbocycles. The predicted octanol–water partition coefficient (Wildman–Crippen LogP) is 6.76. The fourth-order valence-corrected chi connectivity index (χ4v) is 6.69. The van der Waals surface area contributed by atoms with E-state index in [0.717, 1.165) is 33.7 Å². The van der Waals surface area contributed by atoms with Crippen LogP contribution in [-0.4, -0.2) is 32.1 Å². The van der Waals surface area contributed by atoms with Gasteiger partial charge in [0.25, 0.3) is 5.78 Å². The number of aliphatic hydroxyl groups is 1. The highest BCUT2D eigenvalue weighted by Gasteiger charge is 2.48. The Morgan fingerprint density at radius 1 is 1.00 bits per heavy atom. The molecule has 204 valence electrons. The molecule has 0 spiro atoms. The van der Waals surface area contributed by atoms with E-state index in [4.69, 9.17) is 0 Å². The molecule has 1 saturated heterocycles. The average Bonchev–Trinajstić information content (AvgIpc) is 3.55. The lowest BCUT2D eigenvalue weighted by Gasteiger charge is -2.22. The van der Waals surface area contributed by atoms with Crippen LogP contribution in [0.4, 0.5) is 9.52 Å². The largest absolute Gasteiger partial charge is 0.508 e. The Balaban J connectivity index is 1.37. The van der Waals surface area contributed by atoms with E-state index in [1.165, 1.54) is 40.9 Å². The van der Waals surface area contributed by atoms with Crippen molar-refractivity contribution in [2.75, 3.05) is 4.90 Å². The fraction of sp³-hybridized carbons (Fsp3) is 0.0968. The number of amides is 1. The number of Topliss-reactive ketones (excluding diaryl/α,β-unsaturated/α-hetero) is 1. The molecule has 1 aromatic heterocycles. The number of fused-ring (bicyclic) bond motifs is 1. The summed E-state index contributed by atoms with van der Waals surface area (Å²) < 4.78 is 14.9. The number of carbonyl (C=O) groups is 2. The van der Waals surface area contributed by atoms with E-state index in [1.807, 2.05) is 18.2 Å². The van der Waals surface area contributed by atoms with Gasteiger partial charge >= 0.3 is 5.91 Å². The first kappa shape index (κ1) is 26.7. The molecule has 2 N–H and O–H groups in total. The maximum Gasteiger partial charge on any atom is 0.301 e. The number of aromatic nitrogens is 2. The van der Waals surface area contributed by atoms with Crippen molar-refractivity contribution in [1.29, 1.82) is 0 Å². The van der Waals surface area contributed by atoms with Crippen molar-refractivity contribution < 1.29 is 24.2 Å². The van der Waals surface area contributed by atoms with Crippen molar-refractivity contribution in [1.82, 2.24) is 10.2 Å². The topological polar surface area (TPSA) is 104 Å². The minimum absolute atomic E-state index is 0.00524. The van der Waals surface area contributed by atoms with Gasteiger partial charge < -0.3 is 10.2 Å². The fourth-order valence-electron chi connectivity index (χ4n) is 4.81. The van der Waals surface area contributed by atoms with Gasteiger partial charge in [0.05, 0.1) is 11.6 Å². The number of phenols is 1. The number of thioether (sulfide) groups is 1. The molecule has 1 unspecified atom stereocenters. The number of ketones is 1. The second kappa shape index (κ2) is 10.8. The third-order valence-electron chi connectivity index (χ3n) is 6.93. The van der Waals surface area contributed by atoms with Crippen molar-refractivity contribution >= 4 is 56.5 Å². The van der Waals surface area contributed by atoms with E-state index in [2.05, 4.69) is 34.5 Å². The molecule has 0 bridgehead atoms. The van der Waals surface area contributed by atoms with Gasteiger partial charge in [0.1, 0.15) is 17.3 Å². The van der Waals surface area contributed by atoms with Gasteiger partial charge in [-0.2, -0.15) is 0 Å². The highest BCUT2D eigenvalue weighted by Crippen LogP contribution is 2.44. The van der Waals surface area contributed by atoms with Crippen molar-refractivity contribution in [2.45, 2.75) is 23.1 Å². The smallest absolute Gasteiger partial charge is 0.301 e. The molecule has 1 aliphatic heterocycles. The summed E-state index contributed by atoms with van der Waals surface area (Å²) in [6.07, 6.45) is 0. The summed E-state index contributed by atoms with van der Waals surface area (Å²) >= 11 is 2.62. The Bertz CT molecular complexity index is 1850. The lowest BCUT2D eigenvalue weighted by molar-refractivity contribution is -0.132. The molecule has 1 atom stereocenters. The molecule has 0 aliphatic carbocycles. The number of anilines is 1. The Hall–Kier alpha value is -4.54. The zero-order valence-corrected chi connectivity index (χ0v) is 23.2. The first-order chi connectivity index (χ1) is 19.8. The summed E-state index contributed by atoms with van der Waals surface area (Å²) in [6, 6.07) is 23.2. The van der Waals surface area contributed by atoms with Gasteiger partial charge in [-0.25, -0.2) is 4.39 Å². The molecule has 2 heterocycles. The van der Waals surface area contributed by atoms with Crippen LogP contribution in [0.5, 0.6) is 5.75 Å². The van der Waals surface area contributed by atoms with Gasteiger partial charge in [-0.1, -0.05) is 89.8 Å². The summed E-state index contributed by atoms with van der Waals surface area (Å²) in [7, 11) is 0. The molecular formula is C31H22FN3O4S2. The van der Waals surface area contributed by atoms with Gasteiger partial charge in [-0.05, 0) is 52.6 Å². The Morgan fingerprint density at radius 2 is 1.76 bits per heavy atom. The minimum atomic E-state index is -1.07. The SMILES string of the molecule is Cc1ccc(/C(O)=C2/C(=O)C(=O)N(c3nnc(SCc4cccc5ccccc45)s3)C2c2ccc(O)cc2)cc1F. The van der Waals surface area contributed by atoms with E-state index >= 15 is 0 Å². The van der Waals surface area contributed by atoms with Crippen LogP contribution in [0.1, 0.15) is 28.3 Å². The molecule has 5 aromatic rings. The first-order valence-electron chi connectivity index (χ1n) is 12.6. The number of nitrogens with zero attached hydrogens (tertiary/aromatic N) is 3. The van der Waals surface area contributed by atoms with E-state index in [1.54, 1.807) is 19.1 Å². The van der Waals surface area contributed by atoms with Crippen molar-refractivity contribution in [3.05, 3.63) is 119 Å². The highest BCUT2D eigenvalue weighted by molar-refractivity contribution is 8.00. The third kappa shape index (κ3) is 4.96. The quantitative estimate of drug-likeness (QED) is 0.0748. The van der Waals surface area contributed by atoms with E-state index in [-0.39, 0.29) is 22.0 Å². The van der Waals surface area contributed by atoms with Gasteiger partial charge in [-0.3, -0.25) is 14.5 Å². The van der Waals surface area contributed by atoms with Crippen molar-refractivity contribution in [3.8, 4) is 5.75 Å². The second-order valence-corrected chi connectivity index (χ2v) is 11.7. The molecule has 10 heteroatoms. The standard InChI is InChI=1S/C31H22FN3O4S2/c1-17-9-10-20(15-24(17)32)27(37)25-26(19-11-13-22(36)14-12-19)35(29(39)28(25)38)30-33-34-31(41-30)40-16-21-7-4-6-18-5-2-3-8-23(18)21/h2-15,26,36-37H,16H2,1H3/b27-25-. The molecule has 1 fully saturated rings. The molecule has 7 nitrogen and oxygen atoms in total. The third-order valence-corrected chi connectivity index (χ3v) is 9.04. The normalized spacial score (nSPS) is 16.5. The predicted molar refractivity (Wildman–Crippen MR) is 157 cm³/mol. The van der Waals surface area contributed by atoms with Crippen LogP contribution in [-0.2, 0) is 15.3 Å². The number of aromatic hydroxyl groups is 1. The van der Waals surface area contributed by atoms with Crippen LogP contribution in [0.25, 0.3) is 16.5 Å². The Morgan fingerprint density at radius 3 is 2.54 bits per heavy atom. The monoisotopic (exact) mass is 583 g/mol. The van der Waals surface area contributed by atoms with Crippen LogP contribution in [0.15, 0.2) is 94.8 Å². The zero-order valence-electron chi connectivity index (χ0n) is 21.6. The average molecular weight is 584 g/mol. The van der Waals surface area contributed by atoms with Crippen LogP contribution >= 0.6 is 23.1 Å². The van der Waals surface area contributed by atoms with Crippen molar-refractivity contribution in [2.24, 2.45) is 0 Å². The van der Waals surface area contributed by atoms with Crippen LogP contribution < -0.4 is 4.90 Å². The number of phenolic OH excluding ortho intramolecular Hbond substituents is 1. The molecule has 6 rings (SSSR count). The van der Waals surface area contributed by atoms with Crippen LogP contribution in [0.3, 0.4) is 0 Å². The van der Waals surface area contributed by atoms with E-state index < -0.39 is 29.3 Å². The molecule has 41 heavy (non-hydrogen) atoms. The Labute approximate surface area is 242 Å². The van der Waals surface area contributed by atoms with Crippen molar-refractivity contribution in [3.63, 3.8) is 0 Å². The molecule has 1 aliphatic rings. The number of aryl methyl sites for hydroxylation is 1. The van der Waals surface area contributed by atoms with Gasteiger partial charge in [0, 0.05) is 11.3 Å². The molecule has 4 aromatic carbocycles. The van der Waals surface area contributed by atoms with Gasteiger partial charge in [0.15, 0.2) is 4.34 Å². The molecular weight excluding hydrogens is 561 g/mol. The lowest BCUT2D eigenvalue weighted by atomic mass is 9.95. The Kier molecular flexibility index (Phi) is 7.02. The van der Waals surface area contributed by atoms with Gasteiger partial charge in [0.2, 0.25) is 5.13 Å². The van der Waals surface area contributed by atoms with Crippen LogP contribution in [0, 0.1) is 12.7 Å². The van der Waals surface area contributed by atoms with Crippen LogP contribution in [0.2, 0.25) is 0 Å². The number of hydrogen-bond acceptors (Lipinski definition) is 8. The second-order valence-electron chi connectivity index (χ2n) is 9.50. The maximum absolute atomic E-state index is 14.3. The lowest BCUT2D eigenvalue weighted by Crippen LogP contribution is -2.29. The number of carbonyl (C=O) groups excluding carboxylic acids is 2. The summed E-state index contributed by atoms with van der Waals surface area (Å²) in [5, 5.41) is 32.0. The number of rotatable bonds is 6. The maximum atomic E-state index is 14.3. The number of hydrogen-bond donors (Lipinski definition) is 2. The molecule has 1 amide bonds. The number of benzene rings is 4. The summed E-state index contributed by atoms with van der Waals surface area (Å²) in [6.45, 7) is 1.58. The zero-order chi connectivity index (χ0) is 28.7. The van der Waals surface area contributed by atoms with E-state index in [0.29, 0.717) is 21.2 Å². The summed E-state index contributed by atoms with van der Waals surface area (Å²) in [5.74, 6) is -2.26. The summed E-state index contributed by atoms with van der Waals surface area (Å²) in [4.78, 5) is 27.9. The first-order valence-corrected chi connectivity index (χ1v) is 14.4. The molecule has 0 radical (unpaired) electrons. The summed E-state index contributed by atoms with van der Waals surface area (Å²) in [5.41, 5.74) is 1.82. The minimum Gasteiger partial charge on any atom is -0.508 e. The van der Waals surface area contributed by atoms with E-state index in [9.17, 15) is 24.2 Å². The van der Waals surface area contributed by atoms with Gasteiger partial charge in [-0.15, -0.1) is 10.2 Å². The highest BCUT2D eigenvalue weighted by atomic mass is 32.2. The number of aliphatic hydroxyl groups excluding tert-OH is 1.